The highest BCUT2D eigenvalue weighted by atomic mass is 16.5. The van der Waals surface area contributed by atoms with Crippen LogP contribution in [0.4, 0.5) is 11.4 Å². The number of para-hydroxylation sites is 1. The van der Waals surface area contributed by atoms with E-state index in [-0.39, 0.29) is 18.4 Å². The van der Waals surface area contributed by atoms with Gasteiger partial charge >= 0.3 is 0 Å². The van der Waals surface area contributed by atoms with Gasteiger partial charge < -0.3 is 20.1 Å². The van der Waals surface area contributed by atoms with E-state index < -0.39 is 0 Å². The Morgan fingerprint density at radius 2 is 1.38 bits per heavy atom. The van der Waals surface area contributed by atoms with Gasteiger partial charge in [0.15, 0.2) is 6.61 Å². The van der Waals surface area contributed by atoms with Crippen molar-refractivity contribution in [2.45, 2.75) is 13.3 Å². The number of anilines is 2. The van der Waals surface area contributed by atoms with E-state index in [4.69, 9.17) is 9.47 Å². The molecule has 0 bridgehead atoms. The number of carbonyl (C=O) groups is 2. The highest BCUT2D eigenvalue weighted by molar-refractivity contribution is 5.92. The van der Waals surface area contributed by atoms with Crippen molar-refractivity contribution in [3.63, 3.8) is 0 Å². The summed E-state index contributed by atoms with van der Waals surface area (Å²) in [6.07, 6.45) is 0.392. The fourth-order valence-electron chi connectivity index (χ4n) is 2.49. The third-order valence-electron chi connectivity index (χ3n) is 3.93. The largest absolute Gasteiger partial charge is 0.484 e. The third-order valence-corrected chi connectivity index (χ3v) is 3.93. The first kappa shape index (κ1) is 19.9. The molecule has 3 rings (SSSR count). The quantitative estimate of drug-likeness (QED) is 0.577. The van der Waals surface area contributed by atoms with Crippen LogP contribution in [0.5, 0.6) is 17.2 Å². The first-order valence-electron chi connectivity index (χ1n) is 9.28. The summed E-state index contributed by atoms with van der Waals surface area (Å²) in [7, 11) is 0. The minimum absolute atomic E-state index is 0.0837. The first-order valence-corrected chi connectivity index (χ1v) is 9.28. The summed E-state index contributed by atoms with van der Waals surface area (Å²) in [5.41, 5.74) is 1.27. The van der Waals surface area contributed by atoms with Gasteiger partial charge in [-0.15, -0.1) is 0 Å². The van der Waals surface area contributed by atoms with Crippen LogP contribution in [0.1, 0.15) is 13.3 Å². The van der Waals surface area contributed by atoms with E-state index in [1.807, 2.05) is 30.3 Å². The monoisotopic (exact) mass is 390 g/mol. The topological polar surface area (TPSA) is 76.7 Å². The smallest absolute Gasteiger partial charge is 0.262 e. The van der Waals surface area contributed by atoms with Crippen LogP contribution < -0.4 is 20.1 Å². The predicted molar refractivity (Wildman–Crippen MR) is 112 cm³/mol. The van der Waals surface area contributed by atoms with Crippen LogP contribution in [-0.4, -0.2) is 18.4 Å². The molecule has 6 nitrogen and oxygen atoms in total. The lowest BCUT2D eigenvalue weighted by Gasteiger charge is -2.10. The number of hydrogen-bond donors (Lipinski definition) is 2. The summed E-state index contributed by atoms with van der Waals surface area (Å²) >= 11 is 0. The Hall–Kier alpha value is -3.80. The van der Waals surface area contributed by atoms with Crippen molar-refractivity contribution in [1.29, 1.82) is 0 Å². The molecule has 0 spiro atoms. The van der Waals surface area contributed by atoms with Gasteiger partial charge in [-0.05, 0) is 48.5 Å². The molecule has 2 N–H and O–H groups in total. The van der Waals surface area contributed by atoms with Crippen LogP contribution in [0.15, 0.2) is 78.9 Å². The van der Waals surface area contributed by atoms with Gasteiger partial charge in [0.25, 0.3) is 5.91 Å². The fraction of sp³-hybridized carbons (Fsp3) is 0.130. The molecule has 0 radical (unpaired) electrons. The number of amides is 2. The summed E-state index contributed by atoms with van der Waals surface area (Å²) in [6.45, 7) is 1.63. The maximum atomic E-state index is 12.1. The zero-order chi connectivity index (χ0) is 20.5. The summed E-state index contributed by atoms with van der Waals surface area (Å²) in [5, 5.41) is 5.52. The molecule has 0 aliphatic rings. The molecule has 0 aliphatic heterocycles. The average Bonchev–Trinajstić information content (AvgIpc) is 2.74. The van der Waals surface area contributed by atoms with E-state index in [0.29, 0.717) is 29.3 Å². The number of benzene rings is 3. The van der Waals surface area contributed by atoms with Crippen LogP contribution >= 0.6 is 0 Å². The lowest BCUT2D eigenvalue weighted by molar-refractivity contribution is -0.118. The highest BCUT2D eigenvalue weighted by Gasteiger charge is 2.06. The summed E-state index contributed by atoms with van der Waals surface area (Å²) < 4.78 is 11.2. The molecule has 0 saturated heterocycles. The Kier molecular flexibility index (Phi) is 6.84. The lowest BCUT2D eigenvalue weighted by Crippen LogP contribution is -2.20. The minimum atomic E-state index is -0.287. The van der Waals surface area contributed by atoms with E-state index in [9.17, 15) is 9.59 Å². The van der Waals surface area contributed by atoms with E-state index in [1.54, 1.807) is 55.5 Å². The number of ether oxygens (including phenoxy) is 2. The Morgan fingerprint density at radius 3 is 2.10 bits per heavy atom. The Balaban J connectivity index is 1.49. The fourth-order valence-corrected chi connectivity index (χ4v) is 2.49. The molecule has 0 unspecified atom stereocenters. The van der Waals surface area contributed by atoms with Crippen LogP contribution in [0.3, 0.4) is 0 Å². The number of hydrogen-bond acceptors (Lipinski definition) is 4. The van der Waals surface area contributed by atoms with Gasteiger partial charge in [0.05, 0.1) is 0 Å². The maximum Gasteiger partial charge on any atom is 0.262 e. The van der Waals surface area contributed by atoms with E-state index in [1.165, 1.54) is 0 Å². The van der Waals surface area contributed by atoms with Gasteiger partial charge in [-0.1, -0.05) is 31.2 Å². The second kappa shape index (κ2) is 9.94. The molecule has 148 valence electrons. The molecule has 3 aromatic carbocycles. The molecule has 0 saturated carbocycles. The molecule has 6 heteroatoms. The van der Waals surface area contributed by atoms with Crippen molar-refractivity contribution < 1.29 is 19.1 Å². The summed E-state index contributed by atoms with van der Waals surface area (Å²) in [4.78, 5) is 23.6. The molecule has 2 amide bonds. The van der Waals surface area contributed by atoms with E-state index in [2.05, 4.69) is 10.6 Å². The van der Waals surface area contributed by atoms with Crippen LogP contribution in [0.2, 0.25) is 0 Å². The number of nitrogens with one attached hydrogen (secondary N) is 2. The number of rotatable bonds is 8. The standard InChI is InChI=1S/C23H22N2O4/c1-2-22(26)25-18-7-6-10-21(15-18)28-16-23(27)24-17-11-13-20(14-12-17)29-19-8-4-3-5-9-19/h3-15H,2,16H2,1H3,(H,24,27)(H,25,26). The Bertz CT molecular complexity index is 956. The Morgan fingerprint density at radius 1 is 0.724 bits per heavy atom. The van der Waals surface area contributed by atoms with Gasteiger partial charge in [-0.3, -0.25) is 9.59 Å². The van der Waals surface area contributed by atoms with Gasteiger partial charge in [0, 0.05) is 23.9 Å². The van der Waals surface area contributed by atoms with Gasteiger partial charge in [-0.25, -0.2) is 0 Å². The Labute approximate surface area is 169 Å². The van der Waals surface area contributed by atoms with E-state index >= 15 is 0 Å². The van der Waals surface area contributed by atoms with Crippen molar-refractivity contribution in [1.82, 2.24) is 0 Å². The van der Waals surface area contributed by atoms with Gasteiger partial charge in [-0.2, -0.15) is 0 Å². The van der Waals surface area contributed by atoms with Crippen molar-refractivity contribution in [2.24, 2.45) is 0 Å². The van der Waals surface area contributed by atoms with Crippen LogP contribution in [0, 0.1) is 0 Å². The highest BCUT2D eigenvalue weighted by Crippen LogP contribution is 2.22. The molecule has 0 heterocycles. The molecule has 3 aromatic rings. The third kappa shape index (κ3) is 6.39. The summed E-state index contributed by atoms with van der Waals surface area (Å²) in [6, 6.07) is 23.5. The van der Waals surface area contributed by atoms with Crippen molar-refractivity contribution >= 4 is 23.2 Å². The molecule has 0 atom stereocenters. The van der Waals surface area contributed by atoms with Crippen LogP contribution in [-0.2, 0) is 9.59 Å². The maximum absolute atomic E-state index is 12.1. The lowest BCUT2D eigenvalue weighted by atomic mass is 10.3. The van der Waals surface area contributed by atoms with Gasteiger partial charge in [0.2, 0.25) is 5.91 Å². The molecule has 29 heavy (non-hydrogen) atoms. The predicted octanol–water partition coefficient (Wildman–Crippen LogP) is 4.84. The van der Waals surface area contributed by atoms with Gasteiger partial charge in [0.1, 0.15) is 17.2 Å². The normalized spacial score (nSPS) is 10.1. The van der Waals surface area contributed by atoms with Crippen molar-refractivity contribution in [2.75, 3.05) is 17.2 Å². The second-order valence-electron chi connectivity index (χ2n) is 6.21. The molecule has 0 aliphatic carbocycles. The molecular formula is C23H22N2O4. The van der Waals surface area contributed by atoms with Crippen LogP contribution in [0.25, 0.3) is 0 Å². The summed E-state index contributed by atoms with van der Waals surface area (Å²) in [5.74, 6) is 1.55. The minimum Gasteiger partial charge on any atom is -0.484 e. The number of carbonyl (C=O) groups excluding carboxylic acids is 2. The second-order valence-corrected chi connectivity index (χ2v) is 6.21. The SMILES string of the molecule is CCC(=O)Nc1cccc(OCC(=O)Nc2ccc(Oc3ccccc3)cc2)c1. The average molecular weight is 390 g/mol. The van der Waals surface area contributed by atoms with Crippen molar-refractivity contribution in [3.05, 3.63) is 78.9 Å². The molecular weight excluding hydrogens is 368 g/mol. The zero-order valence-corrected chi connectivity index (χ0v) is 16.1. The molecule has 0 fully saturated rings. The molecule has 0 aromatic heterocycles. The van der Waals surface area contributed by atoms with E-state index in [0.717, 1.165) is 5.75 Å². The zero-order valence-electron chi connectivity index (χ0n) is 16.1. The van der Waals surface area contributed by atoms with Crippen molar-refractivity contribution in [3.8, 4) is 17.2 Å². The first-order chi connectivity index (χ1) is 14.1.